The number of piperidine rings is 1. The highest BCUT2D eigenvalue weighted by atomic mass is 16.6. The van der Waals surface area contributed by atoms with Crippen LogP contribution in [-0.4, -0.2) is 35.2 Å². The predicted molar refractivity (Wildman–Crippen MR) is 62.6 cm³/mol. The molecule has 5 nitrogen and oxygen atoms in total. The minimum Gasteiger partial charge on any atom is -0.480 e. The van der Waals surface area contributed by atoms with Crippen LogP contribution in [-0.2, 0) is 14.3 Å². The lowest BCUT2D eigenvalue weighted by atomic mass is 9.98. The van der Waals surface area contributed by atoms with Crippen molar-refractivity contribution in [2.24, 2.45) is 0 Å². The first-order valence-electron chi connectivity index (χ1n) is 5.66. The molecule has 0 unspecified atom stereocenters. The van der Waals surface area contributed by atoms with E-state index >= 15 is 0 Å². The Morgan fingerprint density at radius 1 is 1.47 bits per heavy atom. The first kappa shape index (κ1) is 13.7. The maximum atomic E-state index is 11.5. The van der Waals surface area contributed by atoms with E-state index < -0.39 is 23.6 Å². The molecule has 0 spiro atoms. The number of nitrogens with one attached hydrogen (secondary N) is 1. The van der Waals surface area contributed by atoms with Crippen molar-refractivity contribution in [3.8, 4) is 0 Å². The molecule has 1 saturated heterocycles. The fourth-order valence-electron chi connectivity index (χ4n) is 1.65. The quantitative estimate of drug-likeness (QED) is 0.559. The zero-order valence-corrected chi connectivity index (χ0v) is 10.4. The maximum Gasteiger partial charge on any atom is 0.331 e. The molecule has 2 N–H and O–H groups in total. The van der Waals surface area contributed by atoms with E-state index in [-0.39, 0.29) is 0 Å². The van der Waals surface area contributed by atoms with E-state index in [2.05, 4.69) is 5.32 Å². The highest BCUT2D eigenvalue weighted by Gasteiger charge is 2.23. The molecular weight excluding hydrogens is 222 g/mol. The van der Waals surface area contributed by atoms with Gasteiger partial charge in [-0.1, -0.05) is 5.57 Å². The normalized spacial score (nSPS) is 23.5. The fraction of sp³-hybridized carbons (Fsp3) is 0.667. The van der Waals surface area contributed by atoms with Crippen LogP contribution in [0.15, 0.2) is 11.6 Å². The molecule has 96 valence electrons. The first-order chi connectivity index (χ1) is 7.78. The molecule has 0 radical (unpaired) electrons. The summed E-state index contributed by atoms with van der Waals surface area (Å²) in [6, 6.07) is -0.600. The van der Waals surface area contributed by atoms with Gasteiger partial charge in [-0.15, -0.1) is 0 Å². The Bertz CT molecular complexity index is 341. The number of rotatable bonds is 2. The van der Waals surface area contributed by atoms with Crippen molar-refractivity contribution in [3.05, 3.63) is 11.6 Å². The van der Waals surface area contributed by atoms with Gasteiger partial charge < -0.3 is 15.2 Å². The zero-order chi connectivity index (χ0) is 13.1. The van der Waals surface area contributed by atoms with Crippen LogP contribution in [0.4, 0.5) is 0 Å². The molecule has 1 aliphatic heterocycles. The zero-order valence-electron chi connectivity index (χ0n) is 10.4. The Balaban J connectivity index is 2.60. The number of carbonyl (C=O) groups excluding carboxylic acids is 1. The Kier molecular flexibility index (Phi) is 4.28. The molecular formula is C12H19NO4. The summed E-state index contributed by atoms with van der Waals surface area (Å²) in [5, 5.41) is 11.7. The summed E-state index contributed by atoms with van der Waals surface area (Å²) in [5.41, 5.74) is 0.304. The van der Waals surface area contributed by atoms with Gasteiger partial charge in [0.15, 0.2) is 0 Å². The largest absolute Gasteiger partial charge is 0.480 e. The minimum absolute atomic E-state index is 0.356. The van der Waals surface area contributed by atoms with Crippen molar-refractivity contribution >= 4 is 11.9 Å². The maximum absolute atomic E-state index is 11.5. The molecule has 1 aliphatic rings. The van der Waals surface area contributed by atoms with Crippen LogP contribution in [0.3, 0.4) is 0 Å². The number of aliphatic carboxylic acids is 1. The average Bonchev–Trinajstić information content (AvgIpc) is 2.14. The highest BCUT2D eigenvalue weighted by molar-refractivity contribution is 5.83. The van der Waals surface area contributed by atoms with Gasteiger partial charge in [0.2, 0.25) is 0 Å². The second-order valence-electron chi connectivity index (χ2n) is 5.14. The molecule has 1 rings (SSSR count). The number of esters is 1. The van der Waals surface area contributed by atoms with Crippen LogP contribution in [0, 0.1) is 0 Å². The van der Waals surface area contributed by atoms with Crippen LogP contribution < -0.4 is 5.32 Å². The van der Waals surface area contributed by atoms with Crippen LogP contribution in [0.5, 0.6) is 0 Å². The van der Waals surface area contributed by atoms with Gasteiger partial charge in [-0.25, -0.2) is 4.79 Å². The number of hydrogen-bond donors (Lipinski definition) is 2. The van der Waals surface area contributed by atoms with E-state index in [1.807, 2.05) is 0 Å². The van der Waals surface area contributed by atoms with E-state index in [0.717, 1.165) is 5.57 Å². The molecule has 1 atom stereocenters. The summed E-state index contributed by atoms with van der Waals surface area (Å²) >= 11 is 0. The summed E-state index contributed by atoms with van der Waals surface area (Å²) in [4.78, 5) is 22.3. The van der Waals surface area contributed by atoms with E-state index in [4.69, 9.17) is 9.84 Å². The van der Waals surface area contributed by atoms with Gasteiger partial charge in [-0.2, -0.15) is 0 Å². The lowest BCUT2D eigenvalue weighted by Gasteiger charge is -2.23. The Morgan fingerprint density at radius 2 is 2.12 bits per heavy atom. The summed E-state index contributed by atoms with van der Waals surface area (Å²) in [6.45, 7) is 5.97. The Labute approximate surface area is 101 Å². The van der Waals surface area contributed by atoms with Crippen LogP contribution in [0.25, 0.3) is 0 Å². The Hall–Kier alpha value is -1.36. The first-order valence-corrected chi connectivity index (χ1v) is 5.66. The van der Waals surface area contributed by atoms with Crippen molar-refractivity contribution in [2.45, 2.75) is 45.3 Å². The molecule has 1 fully saturated rings. The van der Waals surface area contributed by atoms with Gasteiger partial charge in [-0.3, -0.25) is 4.79 Å². The van der Waals surface area contributed by atoms with Crippen molar-refractivity contribution in [2.75, 3.05) is 6.54 Å². The summed E-state index contributed by atoms with van der Waals surface area (Å²) in [7, 11) is 0. The minimum atomic E-state index is -0.889. The number of carboxylic acid groups (broad SMARTS) is 1. The van der Waals surface area contributed by atoms with Crippen molar-refractivity contribution < 1.29 is 19.4 Å². The van der Waals surface area contributed by atoms with E-state index in [1.54, 1.807) is 20.8 Å². The third kappa shape index (κ3) is 4.99. The standard InChI is InChI=1S/C12H19NO4/c1-12(2,3)17-10(14)7-8-4-5-13-9(6-8)11(15)16/h7,9,13H,4-6H2,1-3H3,(H,15,16)/b8-7-/t9-/m0/s1. The number of carboxylic acids is 1. The average molecular weight is 241 g/mol. The van der Waals surface area contributed by atoms with E-state index in [0.29, 0.717) is 19.4 Å². The van der Waals surface area contributed by atoms with E-state index in [1.165, 1.54) is 6.08 Å². The smallest absolute Gasteiger partial charge is 0.331 e. The molecule has 0 amide bonds. The molecule has 0 aromatic heterocycles. The van der Waals surface area contributed by atoms with Crippen LogP contribution in [0.2, 0.25) is 0 Å². The molecule has 0 aromatic carbocycles. The Morgan fingerprint density at radius 3 is 2.65 bits per heavy atom. The highest BCUT2D eigenvalue weighted by Crippen LogP contribution is 2.16. The number of hydrogen-bond acceptors (Lipinski definition) is 4. The van der Waals surface area contributed by atoms with Gasteiger partial charge in [0.05, 0.1) is 0 Å². The molecule has 0 saturated carbocycles. The van der Waals surface area contributed by atoms with Crippen LogP contribution >= 0.6 is 0 Å². The van der Waals surface area contributed by atoms with Gasteiger partial charge in [0.25, 0.3) is 0 Å². The number of carbonyl (C=O) groups is 2. The lowest BCUT2D eigenvalue weighted by molar-refractivity contribution is -0.148. The molecule has 0 aromatic rings. The lowest BCUT2D eigenvalue weighted by Crippen LogP contribution is -2.41. The van der Waals surface area contributed by atoms with Gasteiger partial charge in [-0.05, 0) is 40.2 Å². The van der Waals surface area contributed by atoms with Gasteiger partial charge >= 0.3 is 11.9 Å². The molecule has 5 heteroatoms. The van der Waals surface area contributed by atoms with Gasteiger partial charge in [0.1, 0.15) is 11.6 Å². The molecule has 0 bridgehead atoms. The SMILES string of the molecule is CC(C)(C)OC(=O)/C=C1/CCN[C@H](C(=O)O)C1. The second-order valence-corrected chi connectivity index (χ2v) is 5.14. The second kappa shape index (κ2) is 5.31. The van der Waals surface area contributed by atoms with Crippen LogP contribution in [0.1, 0.15) is 33.6 Å². The molecule has 17 heavy (non-hydrogen) atoms. The number of ether oxygens (including phenoxy) is 1. The third-order valence-corrected chi connectivity index (χ3v) is 2.33. The van der Waals surface area contributed by atoms with Crippen molar-refractivity contribution in [1.82, 2.24) is 5.32 Å². The molecule has 1 heterocycles. The molecule has 0 aliphatic carbocycles. The van der Waals surface area contributed by atoms with Gasteiger partial charge in [0, 0.05) is 6.08 Å². The summed E-state index contributed by atoms with van der Waals surface area (Å²) in [6.07, 6.45) is 2.46. The third-order valence-electron chi connectivity index (χ3n) is 2.33. The van der Waals surface area contributed by atoms with Crippen molar-refractivity contribution in [3.63, 3.8) is 0 Å². The topological polar surface area (TPSA) is 75.6 Å². The van der Waals surface area contributed by atoms with E-state index in [9.17, 15) is 9.59 Å². The predicted octanol–water partition coefficient (Wildman–Crippen LogP) is 1.09. The summed E-state index contributed by atoms with van der Waals surface area (Å²) < 4.78 is 5.15. The fourth-order valence-corrected chi connectivity index (χ4v) is 1.65. The summed E-state index contributed by atoms with van der Waals surface area (Å²) in [5.74, 6) is -1.29. The monoisotopic (exact) mass is 241 g/mol. The van der Waals surface area contributed by atoms with Crippen molar-refractivity contribution in [1.29, 1.82) is 0 Å².